The maximum atomic E-state index is 13.0. The number of nitrogens with two attached hydrogens (primary N) is 1. The lowest BCUT2D eigenvalue weighted by atomic mass is 9.94. The van der Waals surface area contributed by atoms with Crippen molar-refractivity contribution >= 4 is 11.8 Å². The average molecular weight is 455 g/mol. The summed E-state index contributed by atoms with van der Waals surface area (Å²) in [5, 5.41) is 0. The molecule has 3 fully saturated rings. The summed E-state index contributed by atoms with van der Waals surface area (Å²) in [5.74, 6) is -0.893. The molecular weight excluding hydrogens is 427 g/mol. The lowest BCUT2D eigenvalue weighted by molar-refractivity contribution is -0.143. The van der Waals surface area contributed by atoms with Gasteiger partial charge in [-0.3, -0.25) is 14.5 Å². The summed E-state index contributed by atoms with van der Waals surface area (Å²) in [7, 11) is 0. The fourth-order valence-corrected chi connectivity index (χ4v) is 4.85. The number of hydrogen-bond acceptors (Lipinski definition) is 5. The first-order valence-corrected chi connectivity index (χ1v) is 10.9. The molecule has 0 aromatic heterocycles. The Bertz CT molecular complexity index is 865. The molecule has 32 heavy (non-hydrogen) atoms. The fraction of sp³-hybridized carbons (Fsp3) is 0.636. The van der Waals surface area contributed by atoms with Crippen molar-refractivity contribution in [3.63, 3.8) is 0 Å². The Morgan fingerprint density at radius 2 is 2.06 bits per heavy atom. The molecule has 0 saturated carbocycles. The third-order valence-electron chi connectivity index (χ3n) is 6.50. The van der Waals surface area contributed by atoms with Gasteiger partial charge < -0.3 is 20.1 Å². The van der Waals surface area contributed by atoms with E-state index in [0.29, 0.717) is 57.7 Å². The molecule has 0 radical (unpaired) electrons. The molecule has 0 bridgehead atoms. The Morgan fingerprint density at radius 3 is 2.81 bits per heavy atom. The Kier molecular flexibility index (Phi) is 6.46. The highest BCUT2D eigenvalue weighted by molar-refractivity contribution is 5.83. The Balaban J connectivity index is 1.37. The lowest BCUT2D eigenvalue weighted by Gasteiger charge is -2.39. The van der Waals surface area contributed by atoms with Crippen molar-refractivity contribution in [2.45, 2.75) is 43.7 Å². The van der Waals surface area contributed by atoms with Gasteiger partial charge in [0.25, 0.3) is 5.91 Å². The van der Waals surface area contributed by atoms with Crippen molar-refractivity contribution in [1.82, 2.24) is 9.80 Å². The highest BCUT2D eigenvalue weighted by atomic mass is 19.4. The van der Waals surface area contributed by atoms with E-state index in [1.807, 2.05) is 4.90 Å². The van der Waals surface area contributed by atoms with Crippen LogP contribution < -0.4 is 5.73 Å². The normalized spacial score (nSPS) is 29.4. The zero-order valence-corrected chi connectivity index (χ0v) is 17.8. The number of likely N-dealkylation sites (tertiary alicyclic amines) is 1. The second-order valence-corrected chi connectivity index (χ2v) is 8.97. The van der Waals surface area contributed by atoms with Gasteiger partial charge in [-0.15, -0.1) is 0 Å². The molecule has 1 aromatic rings. The summed E-state index contributed by atoms with van der Waals surface area (Å²) in [6, 6.07) is 5.33. The van der Waals surface area contributed by atoms with Crippen LogP contribution in [-0.2, 0) is 31.8 Å². The number of alkyl halides is 3. The summed E-state index contributed by atoms with van der Waals surface area (Å²) in [4.78, 5) is 28.2. The van der Waals surface area contributed by atoms with E-state index in [2.05, 4.69) is 0 Å². The quantitative estimate of drug-likeness (QED) is 0.749. The Hall–Kier alpha value is -2.17. The maximum Gasteiger partial charge on any atom is 0.416 e. The van der Waals surface area contributed by atoms with E-state index in [1.54, 1.807) is 11.0 Å². The molecule has 4 rings (SSSR count). The van der Waals surface area contributed by atoms with E-state index in [9.17, 15) is 22.8 Å². The second-order valence-electron chi connectivity index (χ2n) is 8.97. The standard InChI is InChI=1S/C22H28F3N3O4/c23-22(24,25)17-5-1-3-15(9-17)11-27-7-8-32-21(13-27)10-18(31-14-21)20(30)28-6-2-4-16(12-28)19(26)29/h1,3,5,9,16,18H,2,4,6-8,10-14H2,(H2,26,29). The third-order valence-corrected chi connectivity index (χ3v) is 6.50. The smallest absolute Gasteiger partial charge is 0.370 e. The van der Waals surface area contributed by atoms with Crippen LogP contribution in [0.25, 0.3) is 0 Å². The topological polar surface area (TPSA) is 85.1 Å². The van der Waals surface area contributed by atoms with Gasteiger partial charge in [-0.05, 0) is 24.5 Å². The Labute approximate surface area is 184 Å². The number of hydrogen-bond donors (Lipinski definition) is 1. The molecule has 1 spiro atoms. The molecule has 3 heterocycles. The van der Waals surface area contributed by atoms with Crippen LogP contribution in [0.5, 0.6) is 0 Å². The van der Waals surface area contributed by atoms with Crippen molar-refractivity contribution in [2.24, 2.45) is 11.7 Å². The molecular formula is C22H28F3N3O4. The SMILES string of the molecule is NC(=O)C1CCCN(C(=O)C2CC3(CO2)CN(Cc2cccc(C(F)(F)F)c2)CCO3)C1. The van der Waals surface area contributed by atoms with Crippen molar-refractivity contribution in [1.29, 1.82) is 0 Å². The van der Waals surface area contributed by atoms with Gasteiger partial charge in [-0.1, -0.05) is 18.2 Å². The fourth-order valence-electron chi connectivity index (χ4n) is 4.85. The minimum Gasteiger partial charge on any atom is -0.370 e. The number of halogens is 3. The predicted octanol–water partition coefficient (Wildman–Crippen LogP) is 1.79. The Morgan fingerprint density at radius 1 is 1.25 bits per heavy atom. The molecule has 10 heteroatoms. The van der Waals surface area contributed by atoms with Gasteiger partial charge in [0.05, 0.1) is 24.7 Å². The number of amides is 2. The monoisotopic (exact) mass is 455 g/mol. The van der Waals surface area contributed by atoms with Crippen LogP contribution in [0.2, 0.25) is 0 Å². The second kappa shape index (κ2) is 8.99. The molecule has 2 N–H and O–H groups in total. The summed E-state index contributed by atoms with van der Waals surface area (Å²) in [6.07, 6.45) is -3.25. The first kappa shape index (κ1) is 23.0. The number of carbonyl (C=O) groups is 2. The van der Waals surface area contributed by atoms with E-state index < -0.39 is 29.4 Å². The number of morpholine rings is 1. The average Bonchev–Trinajstić information content (AvgIpc) is 3.16. The van der Waals surface area contributed by atoms with Gasteiger partial charge in [0, 0.05) is 39.1 Å². The molecule has 3 unspecified atom stereocenters. The molecule has 2 amide bonds. The largest absolute Gasteiger partial charge is 0.416 e. The van der Waals surface area contributed by atoms with Crippen LogP contribution in [0.1, 0.15) is 30.4 Å². The molecule has 1 aromatic carbocycles. The predicted molar refractivity (Wildman–Crippen MR) is 108 cm³/mol. The zero-order valence-electron chi connectivity index (χ0n) is 17.8. The number of benzene rings is 1. The van der Waals surface area contributed by atoms with Crippen molar-refractivity contribution < 1.29 is 32.2 Å². The van der Waals surface area contributed by atoms with Gasteiger partial charge in [0.1, 0.15) is 11.7 Å². The summed E-state index contributed by atoms with van der Waals surface area (Å²) in [6.45, 7) is 2.95. The maximum absolute atomic E-state index is 13.0. The minimum atomic E-state index is -4.38. The van der Waals surface area contributed by atoms with Gasteiger partial charge in [-0.25, -0.2) is 0 Å². The van der Waals surface area contributed by atoms with Crippen LogP contribution in [0.3, 0.4) is 0 Å². The molecule has 3 saturated heterocycles. The minimum absolute atomic E-state index is 0.161. The van der Waals surface area contributed by atoms with E-state index >= 15 is 0 Å². The van der Waals surface area contributed by atoms with Crippen molar-refractivity contribution in [3.05, 3.63) is 35.4 Å². The lowest BCUT2D eigenvalue weighted by Crippen LogP contribution is -2.52. The van der Waals surface area contributed by atoms with E-state index in [-0.39, 0.29) is 18.4 Å². The van der Waals surface area contributed by atoms with Crippen LogP contribution in [0.4, 0.5) is 13.2 Å². The number of piperidine rings is 1. The van der Waals surface area contributed by atoms with E-state index in [4.69, 9.17) is 15.2 Å². The molecule has 3 atom stereocenters. The molecule has 3 aliphatic heterocycles. The first-order chi connectivity index (χ1) is 15.2. The molecule has 3 aliphatic rings. The van der Waals surface area contributed by atoms with Crippen LogP contribution in [-0.4, -0.2) is 72.7 Å². The highest BCUT2D eigenvalue weighted by Gasteiger charge is 2.48. The van der Waals surface area contributed by atoms with Gasteiger partial charge in [0.15, 0.2) is 0 Å². The number of carbonyl (C=O) groups excluding carboxylic acids is 2. The zero-order chi connectivity index (χ0) is 22.9. The van der Waals surface area contributed by atoms with Crippen molar-refractivity contribution in [2.75, 3.05) is 39.4 Å². The first-order valence-electron chi connectivity index (χ1n) is 10.9. The van der Waals surface area contributed by atoms with Crippen LogP contribution in [0.15, 0.2) is 24.3 Å². The molecule has 0 aliphatic carbocycles. The van der Waals surface area contributed by atoms with Crippen molar-refractivity contribution in [3.8, 4) is 0 Å². The van der Waals surface area contributed by atoms with Gasteiger partial charge >= 0.3 is 6.18 Å². The summed E-state index contributed by atoms with van der Waals surface area (Å²) in [5.41, 5.74) is 4.66. The number of primary amides is 1. The molecule has 176 valence electrons. The summed E-state index contributed by atoms with van der Waals surface area (Å²) >= 11 is 0. The van der Waals surface area contributed by atoms with Crippen LogP contribution in [0, 0.1) is 5.92 Å². The molecule has 7 nitrogen and oxygen atoms in total. The van der Waals surface area contributed by atoms with Gasteiger partial charge in [-0.2, -0.15) is 13.2 Å². The number of ether oxygens (including phenoxy) is 2. The third kappa shape index (κ3) is 5.07. The van der Waals surface area contributed by atoms with E-state index in [0.717, 1.165) is 12.5 Å². The number of rotatable bonds is 4. The van der Waals surface area contributed by atoms with E-state index in [1.165, 1.54) is 12.1 Å². The number of nitrogens with zero attached hydrogens (tertiary/aromatic N) is 2. The van der Waals surface area contributed by atoms with Crippen LogP contribution >= 0.6 is 0 Å². The van der Waals surface area contributed by atoms with Gasteiger partial charge in [0.2, 0.25) is 5.91 Å². The highest BCUT2D eigenvalue weighted by Crippen LogP contribution is 2.34. The summed E-state index contributed by atoms with van der Waals surface area (Å²) < 4.78 is 50.9.